The Hall–Kier alpha value is -3.29. The third kappa shape index (κ3) is 2.08. The minimum Gasteiger partial charge on any atom is -0.358 e. The molecular weight excluding hydrogens is 276 g/mol. The van der Waals surface area contributed by atoms with Crippen LogP contribution < -0.4 is 0 Å². The lowest BCUT2D eigenvalue weighted by Crippen LogP contribution is -1.97. The van der Waals surface area contributed by atoms with Gasteiger partial charge in [-0.15, -0.1) is 4.68 Å². The maximum Gasteiger partial charge on any atom is 0.398 e. The molecule has 0 saturated carbocycles. The number of fused-ring (bicyclic) bond motifs is 1. The fourth-order valence-corrected chi connectivity index (χ4v) is 2.10. The van der Waals surface area contributed by atoms with Crippen LogP contribution >= 0.6 is 0 Å². The van der Waals surface area contributed by atoms with Crippen molar-refractivity contribution < 1.29 is 9.85 Å². The molecule has 104 valence electrons. The quantitative estimate of drug-likeness (QED) is 0.543. The number of non-ortho nitro benzene ring substituents is 1. The van der Waals surface area contributed by atoms with Gasteiger partial charge in [-0.1, -0.05) is 18.2 Å². The fraction of sp³-hybridized carbons (Fsp3) is 0. The molecule has 0 aliphatic rings. The second-order valence-corrected chi connectivity index (χ2v) is 4.29. The molecule has 2 aromatic carbocycles. The highest BCUT2D eigenvalue weighted by molar-refractivity contribution is 5.90. The molecule has 3 aromatic rings. The first kappa shape index (κ1) is 12.7. The van der Waals surface area contributed by atoms with Crippen molar-refractivity contribution in [3.63, 3.8) is 0 Å². The van der Waals surface area contributed by atoms with Gasteiger partial charge in [0.15, 0.2) is 0 Å². The maximum absolute atomic E-state index is 11.1. The van der Waals surface area contributed by atoms with Crippen molar-refractivity contribution in [2.45, 2.75) is 0 Å². The lowest BCUT2D eigenvalue weighted by atomic mass is 10.2. The number of para-hydroxylation sites is 1. The zero-order valence-electron chi connectivity index (χ0n) is 10.5. The van der Waals surface area contributed by atoms with Crippen molar-refractivity contribution >= 4 is 22.4 Å². The second kappa shape index (κ2) is 4.67. The van der Waals surface area contributed by atoms with E-state index in [0.717, 1.165) is 0 Å². The Kier molecular flexibility index (Phi) is 2.83. The predicted octanol–water partition coefficient (Wildman–Crippen LogP) is 2.84. The van der Waals surface area contributed by atoms with Crippen molar-refractivity contribution in [2.24, 2.45) is 0 Å². The van der Waals surface area contributed by atoms with Crippen molar-refractivity contribution in [3.05, 3.63) is 68.8 Å². The molecule has 3 rings (SSSR count). The van der Waals surface area contributed by atoms with Gasteiger partial charge in [0.05, 0.1) is 15.7 Å². The van der Waals surface area contributed by atoms with Crippen molar-refractivity contribution in [1.29, 1.82) is 0 Å². The van der Waals surface area contributed by atoms with Gasteiger partial charge in [0.2, 0.25) is 0 Å². The maximum atomic E-state index is 11.1. The molecule has 0 saturated heterocycles. The Labute approximate surface area is 117 Å². The normalized spacial score (nSPS) is 10.7. The van der Waals surface area contributed by atoms with E-state index >= 15 is 0 Å². The summed E-state index contributed by atoms with van der Waals surface area (Å²) in [6, 6.07) is 12.8. The second-order valence-electron chi connectivity index (χ2n) is 4.29. The molecule has 0 fully saturated rings. The smallest absolute Gasteiger partial charge is 0.358 e. The van der Waals surface area contributed by atoms with Crippen LogP contribution in [-0.4, -0.2) is 19.6 Å². The van der Waals surface area contributed by atoms with Crippen LogP contribution in [0.3, 0.4) is 0 Å². The molecule has 21 heavy (non-hydrogen) atoms. The van der Waals surface area contributed by atoms with Gasteiger partial charge in [-0.05, 0) is 23.1 Å². The molecule has 1 aromatic heterocycles. The highest BCUT2D eigenvalue weighted by Crippen LogP contribution is 2.30. The molecule has 0 aliphatic heterocycles. The summed E-state index contributed by atoms with van der Waals surface area (Å²) < 4.78 is 1.40. The van der Waals surface area contributed by atoms with E-state index < -0.39 is 15.7 Å². The fourth-order valence-electron chi connectivity index (χ4n) is 2.10. The van der Waals surface area contributed by atoms with E-state index in [1.54, 1.807) is 24.3 Å². The first-order chi connectivity index (χ1) is 10.1. The number of nitro benzene ring substituents is 1. The van der Waals surface area contributed by atoms with Crippen LogP contribution in [0.15, 0.2) is 48.5 Å². The number of hydrogen-bond donors (Lipinski definition) is 0. The molecule has 0 unspecified atom stereocenters. The van der Waals surface area contributed by atoms with Gasteiger partial charge >= 0.3 is 5.82 Å². The zero-order valence-corrected chi connectivity index (χ0v) is 10.5. The largest absolute Gasteiger partial charge is 0.398 e. The summed E-state index contributed by atoms with van der Waals surface area (Å²) >= 11 is 0. The third-order valence-electron chi connectivity index (χ3n) is 3.03. The summed E-state index contributed by atoms with van der Waals surface area (Å²) in [6.45, 7) is 0. The van der Waals surface area contributed by atoms with Gasteiger partial charge in [0.1, 0.15) is 10.9 Å². The molecular formula is C13H8N4O4. The summed E-state index contributed by atoms with van der Waals surface area (Å²) in [5.74, 6) is -0.405. The van der Waals surface area contributed by atoms with Crippen LogP contribution in [0.25, 0.3) is 16.6 Å². The van der Waals surface area contributed by atoms with Gasteiger partial charge < -0.3 is 10.1 Å². The van der Waals surface area contributed by atoms with Crippen LogP contribution in [-0.2, 0) is 0 Å². The molecule has 0 spiro atoms. The Morgan fingerprint density at radius 1 is 0.952 bits per heavy atom. The van der Waals surface area contributed by atoms with Gasteiger partial charge in [-0.25, -0.2) is 0 Å². The average Bonchev–Trinajstić information content (AvgIpc) is 2.87. The monoisotopic (exact) mass is 284 g/mol. The summed E-state index contributed by atoms with van der Waals surface area (Å²) in [4.78, 5) is 20.7. The molecule has 8 nitrogen and oxygen atoms in total. The zero-order chi connectivity index (χ0) is 15.0. The van der Waals surface area contributed by atoms with E-state index in [-0.39, 0.29) is 11.1 Å². The summed E-state index contributed by atoms with van der Waals surface area (Å²) in [7, 11) is 0. The van der Waals surface area contributed by atoms with Crippen molar-refractivity contribution in [2.75, 3.05) is 0 Å². The number of nitro groups is 2. The standard InChI is InChI=1S/C13H8N4O4/c18-16(19)10-6-7-12-11(8-10)13(17(20)21)14-15(12)9-4-2-1-3-5-9/h1-8H. The Morgan fingerprint density at radius 2 is 1.67 bits per heavy atom. The van der Waals surface area contributed by atoms with Gasteiger partial charge in [-0.3, -0.25) is 10.1 Å². The van der Waals surface area contributed by atoms with Crippen LogP contribution in [0.4, 0.5) is 11.5 Å². The van der Waals surface area contributed by atoms with Gasteiger partial charge in [0.25, 0.3) is 5.69 Å². The topological polar surface area (TPSA) is 104 Å². The first-order valence-corrected chi connectivity index (χ1v) is 5.95. The summed E-state index contributed by atoms with van der Waals surface area (Å²) in [6.07, 6.45) is 0. The predicted molar refractivity (Wildman–Crippen MR) is 74.4 cm³/mol. The summed E-state index contributed by atoms with van der Waals surface area (Å²) in [5, 5.41) is 26.0. The number of nitrogens with zero attached hydrogens (tertiary/aromatic N) is 4. The SMILES string of the molecule is O=[N+]([O-])c1ccc2c(c1)c([N+](=O)[O-])nn2-c1ccccc1. The third-order valence-corrected chi connectivity index (χ3v) is 3.03. The van der Waals surface area contributed by atoms with Gasteiger partial charge in [0, 0.05) is 12.1 Å². The molecule has 0 atom stereocenters. The lowest BCUT2D eigenvalue weighted by molar-refractivity contribution is -0.388. The number of rotatable bonds is 3. The highest BCUT2D eigenvalue weighted by Gasteiger charge is 2.24. The average molecular weight is 284 g/mol. The van der Waals surface area contributed by atoms with Gasteiger partial charge in [-0.2, -0.15) is 0 Å². The van der Waals surface area contributed by atoms with Crippen LogP contribution in [0.2, 0.25) is 0 Å². The Morgan fingerprint density at radius 3 is 2.29 bits per heavy atom. The number of aromatic nitrogens is 2. The first-order valence-electron chi connectivity index (χ1n) is 5.95. The van der Waals surface area contributed by atoms with E-state index in [1.165, 1.54) is 22.9 Å². The van der Waals surface area contributed by atoms with Crippen LogP contribution in [0.1, 0.15) is 0 Å². The van der Waals surface area contributed by atoms with Crippen LogP contribution in [0, 0.1) is 20.2 Å². The Bertz CT molecular complexity index is 857. The molecule has 0 bridgehead atoms. The molecule has 0 amide bonds. The van der Waals surface area contributed by atoms with E-state index in [2.05, 4.69) is 5.10 Å². The number of hydrogen-bond acceptors (Lipinski definition) is 5. The molecule has 1 heterocycles. The van der Waals surface area contributed by atoms with E-state index in [0.29, 0.717) is 11.2 Å². The minimum atomic E-state index is -0.647. The highest BCUT2D eigenvalue weighted by atomic mass is 16.6. The molecule has 0 N–H and O–H groups in total. The lowest BCUT2D eigenvalue weighted by Gasteiger charge is -1.97. The van der Waals surface area contributed by atoms with Crippen molar-refractivity contribution in [3.8, 4) is 5.69 Å². The Balaban J connectivity index is 2.33. The number of benzene rings is 2. The molecule has 8 heteroatoms. The minimum absolute atomic E-state index is 0.137. The van der Waals surface area contributed by atoms with Crippen molar-refractivity contribution in [1.82, 2.24) is 9.78 Å². The summed E-state index contributed by atoms with van der Waals surface area (Å²) in [5.41, 5.74) is 0.876. The molecule has 0 radical (unpaired) electrons. The molecule has 0 aliphatic carbocycles. The van der Waals surface area contributed by atoms with E-state index in [9.17, 15) is 20.2 Å². The van der Waals surface area contributed by atoms with Crippen LogP contribution in [0.5, 0.6) is 0 Å². The van der Waals surface area contributed by atoms with E-state index in [1.807, 2.05) is 6.07 Å². The van der Waals surface area contributed by atoms with E-state index in [4.69, 9.17) is 0 Å².